The Morgan fingerprint density at radius 1 is 0.750 bits per heavy atom. The molecule has 0 spiro atoms. The average Bonchev–Trinajstić information content (AvgIpc) is 2.62. The first-order valence-electron chi connectivity index (χ1n) is 11.0. The molecule has 28 heavy (non-hydrogen) atoms. The number of unbranched alkanes of at least 4 members (excludes halogenated alkanes) is 13. The van der Waals surface area contributed by atoms with Crippen molar-refractivity contribution in [3.63, 3.8) is 0 Å². The molecule has 0 atom stereocenters. The van der Waals surface area contributed by atoms with Crippen molar-refractivity contribution in [1.29, 1.82) is 0 Å². The molecule has 0 amide bonds. The molecule has 0 rings (SSSR count). The zero-order valence-corrected chi connectivity index (χ0v) is 18.2. The lowest BCUT2D eigenvalue weighted by Gasteiger charge is -2.05. The summed E-state index contributed by atoms with van der Waals surface area (Å²) in [7, 11) is 0. The molecule has 7 N–H and O–H groups in total. The van der Waals surface area contributed by atoms with Crippen molar-refractivity contribution in [2.45, 2.75) is 109 Å². The predicted molar refractivity (Wildman–Crippen MR) is 115 cm³/mol. The summed E-state index contributed by atoms with van der Waals surface area (Å²) >= 11 is 0. The number of allylic oxidation sites excluding steroid dienone is 2. The Bertz CT molecular complexity index is 349. The summed E-state index contributed by atoms with van der Waals surface area (Å²) < 4.78 is 0. The highest BCUT2D eigenvalue weighted by Crippen LogP contribution is 2.11. The zero-order valence-electron chi connectivity index (χ0n) is 18.2. The Balaban J connectivity index is 0. The summed E-state index contributed by atoms with van der Waals surface area (Å²) in [5, 5.41) is 30.6. The lowest BCUT2D eigenvalue weighted by molar-refractivity contribution is -0.304. The average molecular weight is 403 g/mol. The second-order valence-corrected chi connectivity index (χ2v) is 7.46. The maximum Gasteiger partial charge on any atom is 0.151 e. The predicted octanol–water partition coefficient (Wildman–Crippen LogP) is 3.81. The third-order valence-corrected chi connectivity index (χ3v) is 4.74. The Hall–Kier alpha value is -0.950. The maximum atomic E-state index is 10.2. The molecule has 0 aromatic rings. The minimum absolute atomic E-state index is 0. The van der Waals surface area contributed by atoms with Gasteiger partial charge in [-0.25, -0.2) is 0 Å². The fourth-order valence-corrected chi connectivity index (χ4v) is 3.12. The van der Waals surface area contributed by atoms with Crippen LogP contribution in [0.15, 0.2) is 12.2 Å². The Morgan fingerprint density at radius 2 is 1.18 bits per heavy atom. The van der Waals surface area contributed by atoms with Crippen molar-refractivity contribution < 1.29 is 20.1 Å². The first-order chi connectivity index (χ1) is 13.1. The van der Waals surface area contributed by atoms with Crippen molar-refractivity contribution >= 4 is 5.97 Å². The van der Waals surface area contributed by atoms with E-state index in [1.807, 2.05) is 0 Å². The summed E-state index contributed by atoms with van der Waals surface area (Å²) in [6, 6.07) is 0. The second kappa shape index (κ2) is 24.1. The van der Waals surface area contributed by atoms with Crippen molar-refractivity contribution in [3.8, 4) is 0 Å². The van der Waals surface area contributed by atoms with Gasteiger partial charge in [-0.15, -0.1) is 0 Å². The van der Waals surface area contributed by atoms with E-state index in [2.05, 4.69) is 17.5 Å². The second-order valence-electron chi connectivity index (χ2n) is 7.46. The first-order valence-corrected chi connectivity index (χ1v) is 11.0. The van der Waals surface area contributed by atoms with Crippen LogP contribution in [0.1, 0.15) is 103 Å². The van der Waals surface area contributed by atoms with Gasteiger partial charge in [-0.05, 0) is 51.5 Å². The van der Waals surface area contributed by atoms with E-state index < -0.39 is 12.3 Å². The normalized spacial score (nSPS) is 11.2. The third-order valence-electron chi connectivity index (χ3n) is 4.74. The number of aliphatic hydroxyl groups is 2. The van der Waals surface area contributed by atoms with Crippen molar-refractivity contribution in [2.24, 2.45) is 0 Å². The molecule has 0 aliphatic heterocycles. The monoisotopic (exact) mass is 402 g/mol. The molecule has 0 saturated carbocycles. The van der Waals surface area contributed by atoms with Gasteiger partial charge in [0, 0.05) is 6.54 Å². The Labute approximate surface area is 172 Å². The number of carboxylic acids is 1. The number of carboxylic acid groups (broad SMARTS) is 1. The standard InChI is InChI=1S/C22H43NO4.H3N/c24-21(25)18-16-14-12-10-8-6-4-2-1-3-5-7-9-11-13-15-17-19-23-20-22(26)27;/h1,3,21,23-25H,2,4-20H2,(H,26,27);1H3/b3-1-;. The van der Waals surface area contributed by atoms with Crippen LogP contribution in [0.3, 0.4) is 0 Å². The quantitative estimate of drug-likeness (QED) is 0.132. The number of carbonyl (C=O) groups is 1. The molecule has 168 valence electrons. The van der Waals surface area contributed by atoms with Gasteiger partial charge in [-0.2, -0.15) is 0 Å². The molecule has 0 unspecified atom stereocenters. The molecule has 6 heteroatoms. The molecular weight excluding hydrogens is 356 g/mol. The molecule has 0 fully saturated rings. The summed E-state index contributed by atoms with van der Waals surface area (Å²) in [6.45, 7) is 0.730. The minimum atomic E-state index is -1.13. The summed E-state index contributed by atoms with van der Waals surface area (Å²) in [5.41, 5.74) is 0. The van der Waals surface area contributed by atoms with Gasteiger partial charge in [0.15, 0.2) is 6.29 Å². The van der Waals surface area contributed by atoms with E-state index in [9.17, 15) is 9.90 Å². The van der Waals surface area contributed by atoms with Gasteiger partial charge in [-0.1, -0.05) is 69.9 Å². The maximum absolute atomic E-state index is 10.2. The number of aliphatic hydroxyl groups excluding tert-OH is 1. The molecule has 6 nitrogen and oxygen atoms in total. The van der Waals surface area contributed by atoms with Crippen LogP contribution in [0, 0.1) is 0 Å². The van der Waals surface area contributed by atoms with Gasteiger partial charge in [0.1, 0.15) is 0 Å². The minimum Gasteiger partial charge on any atom is -0.549 e. The molecule has 0 aliphatic carbocycles. The third kappa shape index (κ3) is 27.3. The molecule has 0 aliphatic rings. The SMILES string of the molecule is O=C([O-])CNCCCCCCCC/C=C\CCCCCCCCCC(O)O.[NH4+]. The molecule has 0 heterocycles. The number of hydrogen-bond acceptors (Lipinski definition) is 5. The highest BCUT2D eigenvalue weighted by Gasteiger charge is 1.97. The fourth-order valence-electron chi connectivity index (χ4n) is 3.12. The van der Waals surface area contributed by atoms with Crippen LogP contribution in [-0.4, -0.2) is 35.6 Å². The zero-order chi connectivity index (χ0) is 20.0. The van der Waals surface area contributed by atoms with Crippen molar-refractivity contribution in [3.05, 3.63) is 12.2 Å². The van der Waals surface area contributed by atoms with Crippen LogP contribution < -0.4 is 16.6 Å². The molecule has 0 aromatic carbocycles. The highest BCUT2D eigenvalue weighted by molar-refractivity contribution is 5.66. The van der Waals surface area contributed by atoms with Crippen LogP contribution in [0.25, 0.3) is 0 Å². The van der Waals surface area contributed by atoms with Crippen LogP contribution in [-0.2, 0) is 4.79 Å². The summed E-state index contributed by atoms with van der Waals surface area (Å²) in [6.07, 6.45) is 22.0. The number of rotatable bonds is 21. The lowest BCUT2D eigenvalue weighted by Crippen LogP contribution is -2.34. The van der Waals surface area contributed by atoms with Gasteiger partial charge in [0.2, 0.25) is 0 Å². The molecular formula is C22H46N2O4. The van der Waals surface area contributed by atoms with Crippen molar-refractivity contribution in [1.82, 2.24) is 11.5 Å². The number of aliphatic carboxylic acids is 1. The van der Waals surface area contributed by atoms with E-state index in [-0.39, 0.29) is 12.7 Å². The van der Waals surface area contributed by atoms with E-state index in [1.54, 1.807) is 0 Å². The molecule has 0 radical (unpaired) electrons. The van der Waals surface area contributed by atoms with Gasteiger partial charge in [-0.3, -0.25) is 0 Å². The van der Waals surface area contributed by atoms with Gasteiger partial charge in [0.05, 0.1) is 5.97 Å². The number of carbonyl (C=O) groups excluding carboxylic acids is 1. The number of quaternary nitrogens is 1. The van der Waals surface area contributed by atoms with Crippen molar-refractivity contribution in [2.75, 3.05) is 13.1 Å². The van der Waals surface area contributed by atoms with E-state index in [0.29, 0.717) is 6.42 Å². The van der Waals surface area contributed by atoms with Crippen LogP contribution in [0.4, 0.5) is 0 Å². The summed E-state index contributed by atoms with van der Waals surface area (Å²) in [4.78, 5) is 10.2. The lowest BCUT2D eigenvalue weighted by atomic mass is 10.1. The number of nitrogens with one attached hydrogen (secondary N) is 1. The summed E-state index contributed by atoms with van der Waals surface area (Å²) in [5.74, 6) is -1.03. The topological polar surface area (TPSA) is 129 Å². The van der Waals surface area contributed by atoms with Gasteiger partial charge < -0.3 is 31.6 Å². The smallest absolute Gasteiger partial charge is 0.151 e. The molecule has 0 aromatic heterocycles. The largest absolute Gasteiger partial charge is 0.549 e. The van der Waals surface area contributed by atoms with Gasteiger partial charge in [0.25, 0.3) is 0 Å². The van der Waals surface area contributed by atoms with E-state index >= 15 is 0 Å². The van der Waals surface area contributed by atoms with Crippen LogP contribution in [0.2, 0.25) is 0 Å². The molecule has 0 saturated heterocycles. The Kier molecular flexibility index (Phi) is 25.2. The van der Waals surface area contributed by atoms with E-state index in [1.165, 1.54) is 77.0 Å². The van der Waals surface area contributed by atoms with E-state index in [0.717, 1.165) is 25.8 Å². The fraction of sp³-hybridized carbons (Fsp3) is 0.864. The van der Waals surface area contributed by atoms with Gasteiger partial charge >= 0.3 is 0 Å². The Morgan fingerprint density at radius 3 is 1.64 bits per heavy atom. The number of hydrogen-bond donors (Lipinski definition) is 4. The van der Waals surface area contributed by atoms with E-state index in [4.69, 9.17) is 10.2 Å². The first kappa shape index (κ1) is 29.3. The van der Waals surface area contributed by atoms with Crippen LogP contribution in [0.5, 0.6) is 0 Å². The molecule has 0 bridgehead atoms. The highest BCUT2D eigenvalue weighted by atomic mass is 16.5. The van der Waals surface area contributed by atoms with Crippen LogP contribution >= 0.6 is 0 Å².